The maximum Gasteiger partial charge on any atom is 0.226 e. The maximum atomic E-state index is 13.1. The minimum Gasteiger partial charge on any atom is -0.392 e. The Kier molecular flexibility index (Phi) is 5.12. The van der Waals surface area contributed by atoms with E-state index in [1.807, 2.05) is 9.80 Å². The minimum atomic E-state index is -0.457. The number of aliphatic hydroxyl groups excluding tert-OH is 1. The molecule has 3 heterocycles. The van der Waals surface area contributed by atoms with Gasteiger partial charge in [0.15, 0.2) is 5.82 Å². The van der Waals surface area contributed by atoms with E-state index in [4.69, 9.17) is 0 Å². The number of hydrogen-bond acceptors (Lipinski definition) is 5. The predicted octanol–water partition coefficient (Wildman–Crippen LogP) is 2.30. The Morgan fingerprint density at radius 3 is 2.81 bits per heavy atom. The molecule has 0 saturated carbocycles. The second kappa shape index (κ2) is 7.54. The van der Waals surface area contributed by atoms with Gasteiger partial charge in [0.2, 0.25) is 11.9 Å². The van der Waals surface area contributed by atoms with Crippen LogP contribution in [0.5, 0.6) is 0 Å². The van der Waals surface area contributed by atoms with Gasteiger partial charge in [0.1, 0.15) is 0 Å². The van der Waals surface area contributed by atoms with E-state index in [-0.39, 0.29) is 11.3 Å². The summed E-state index contributed by atoms with van der Waals surface area (Å²) in [5.74, 6) is 0.202. The minimum absolute atomic E-state index is 0.171. The van der Waals surface area contributed by atoms with Crippen LogP contribution >= 0.6 is 0 Å². The van der Waals surface area contributed by atoms with E-state index in [0.29, 0.717) is 38.4 Å². The Morgan fingerprint density at radius 2 is 2.07 bits per heavy atom. The normalized spacial score (nSPS) is 28.5. The third-order valence-corrected chi connectivity index (χ3v) is 6.25. The number of amides is 1. The zero-order valence-electron chi connectivity index (χ0n) is 15.6. The van der Waals surface area contributed by atoms with Crippen LogP contribution in [0, 0.1) is 11.2 Å². The van der Waals surface area contributed by atoms with Gasteiger partial charge in [-0.05, 0) is 38.5 Å². The van der Waals surface area contributed by atoms with Crippen LogP contribution in [-0.4, -0.2) is 58.2 Å². The lowest BCUT2D eigenvalue weighted by atomic mass is 9.71. The molecule has 0 aromatic carbocycles. The first-order chi connectivity index (χ1) is 13.1. The van der Waals surface area contributed by atoms with Gasteiger partial charge in [-0.25, -0.2) is 14.4 Å². The number of likely N-dealkylation sites (tertiary alicyclic amines) is 1. The quantitative estimate of drug-likeness (QED) is 0.822. The lowest BCUT2D eigenvalue weighted by Gasteiger charge is -2.51. The molecule has 3 aliphatic rings. The SMILES string of the molecule is O=C(CC1=CCCC1)N1CCC[C@]2(C1)CN(c1ncc(F)cn1)CC[C@H]2O. The van der Waals surface area contributed by atoms with Crippen molar-refractivity contribution in [3.05, 3.63) is 29.9 Å². The van der Waals surface area contributed by atoms with E-state index in [0.717, 1.165) is 38.6 Å². The first kappa shape index (κ1) is 18.3. The molecule has 6 nitrogen and oxygen atoms in total. The average molecular weight is 374 g/mol. The van der Waals surface area contributed by atoms with Crippen LogP contribution in [0.1, 0.15) is 44.9 Å². The zero-order chi connectivity index (χ0) is 18.9. The largest absolute Gasteiger partial charge is 0.392 e. The van der Waals surface area contributed by atoms with Crippen LogP contribution < -0.4 is 4.90 Å². The molecular weight excluding hydrogens is 347 g/mol. The van der Waals surface area contributed by atoms with Gasteiger partial charge >= 0.3 is 0 Å². The summed E-state index contributed by atoms with van der Waals surface area (Å²) in [7, 11) is 0. The van der Waals surface area contributed by atoms with E-state index in [2.05, 4.69) is 16.0 Å². The lowest BCUT2D eigenvalue weighted by molar-refractivity contribution is -0.137. The molecule has 2 saturated heterocycles. The predicted molar refractivity (Wildman–Crippen MR) is 99.6 cm³/mol. The van der Waals surface area contributed by atoms with E-state index in [1.54, 1.807) is 0 Å². The van der Waals surface area contributed by atoms with Crippen LogP contribution in [0.3, 0.4) is 0 Å². The highest BCUT2D eigenvalue weighted by Crippen LogP contribution is 2.40. The Bertz CT molecular complexity index is 723. The van der Waals surface area contributed by atoms with Crippen molar-refractivity contribution in [3.8, 4) is 0 Å². The van der Waals surface area contributed by atoms with Gasteiger partial charge in [-0.1, -0.05) is 11.6 Å². The molecule has 1 aromatic heterocycles. The summed E-state index contributed by atoms with van der Waals surface area (Å²) in [5, 5.41) is 10.8. The van der Waals surface area contributed by atoms with Crippen molar-refractivity contribution in [2.75, 3.05) is 31.1 Å². The summed E-state index contributed by atoms with van der Waals surface area (Å²) in [4.78, 5) is 24.9. The van der Waals surface area contributed by atoms with Gasteiger partial charge in [0, 0.05) is 38.0 Å². The van der Waals surface area contributed by atoms with Crippen LogP contribution in [0.2, 0.25) is 0 Å². The molecule has 1 aromatic rings. The number of carbonyl (C=O) groups excluding carboxylic acids is 1. The van der Waals surface area contributed by atoms with Gasteiger partial charge < -0.3 is 14.9 Å². The average Bonchev–Trinajstić information content (AvgIpc) is 3.18. The molecule has 2 fully saturated rings. The molecular formula is C20H27FN4O2. The number of halogens is 1. The van der Waals surface area contributed by atoms with Gasteiger partial charge in [0.05, 0.1) is 18.5 Å². The molecule has 0 radical (unpaired) electrons. The monoisotopic (exact) mass is 374 g/mol. The van der Waals surface area contributed by atoms with Gasteiger partial charge in [0.25, 0.3) is 0 Å². The highest BCUT2D eigenvalue weighted by atomic mass is 19.1. The highest BCUT2D eigenvalue weighted by molar-refractivity contribution is 5.79. The third-order valence-electron chi connectivity index (χ3n) is 6.25. The number of anilines is 1. The third kappa shape index (κ3) is 3.83. The second-order valence-electron chi connectivity index (χ2n) is 8.14. The molecule has 2 atom stereocenters. The van der Waals surface area contributed by atoms with Gasteiger partial charge in [-0.15, -0.1) is 0 Å². The molecule has 146 valence electrons. The summed E-state index contributed by atoms with van der Waals surface area (Å²) in [6.45, 7) is 2.55. The van der Waals surface area contributed by atoms with Crippen molar-refractivity contribution < 1.29 is 14.3 Å². The van der Waals surface area contributed by atoms with Crippen molar-refractivity contribution in [3.63, 3.8) is 0 Å². The van der Waals surface area contributed by atoms with E-state index < -0.39 is 11.9 Å². The number of hydrogen-bond donors (Lipinski definition) is 1. The Hall–Kier alpha value is -2.02. The number of aromatic nitrogens is 2. The lowest BCUT2D eigenvalue weighted by Crippen LogP contribution is -2.60. The van der Waals surface area contributed by atoms with E-state index >= 15 is 0 Å². The van der Waals surface area contributed by atoms with Crippen molar-refractivity contribution in [1.29, 1.82) is 0 Å². The molecule has 1 aliphatic carbocycles. The van der Waals surface area contributed by atoms with Crippen LogP contribution in [0.25, 0.3) is 0 Å². The van der Waals surface area contributed by atoms with E-state index in [9.17, 15) is 14.3 Å². The van der Waals surface area contributed by atoms with Crippen LogP contribution in [0.15, 0.2) is 24.0 Å². The second-order valence-corrected chi connectivity index (χ2v) is 8.14. The molecule has 1 N–H and O–H groups in total. The Morgan fingerprint density at radius 1 is 1.26 bits per heavy atom. The number of piperidine rings is 2. The Balaban J connectivity index is 1.47. The molecule has 1 spiro atoms. The highest BCUT2D eigenvalue weighted by Gasteiger charge is 2.46. The summed E-state index contributed by atoms with van der Waals surface area (Å²) in [5.41, 5.74) is 0.888. The van der Waals surface area contributed by atoms with E-state index in [1.165, 1.54) is 18.0 Å². The summed E-state index contributed by atoms with van der Waals surface area (Å²) in [6.07, 6.45) is 10.2. The molecule has 1 amide bonds. The summed E-state index contributed by atoms with van der Waals surface area (Å²) in [6, 6.07) is 0. The molecule has 0 bridgehead atoms. The molecule has 4 rings (SSSR count). The number of aliphatic hydroxyl groups is 1. The molecule has 27 heavy (non-hydrogen) atoms. The zero-order valence-corrected chi connectivity index (χ0v) is 15.6. The maximum absolute atomic E-state index is 13.1. The fourth-order valence-electron chi connectivity index (χ4n) is 4.77. The van der Waals surface area contributed by atoms with Gasteiger partial charge in [-0.2, -0.15) is 0 Å². The molecule has 0 unspecified atom stereocenters. The van der Waals surface area contributed by atoms with Gasteiger partial charge in [-0.3, -0.25) is 4.79 Å². The smallest absolute Gasteiger partial charge is 0.226 e. The number of rotatable bonds is 3. The first-order valence-corrected chi connectivity index (χ1v) is 9.92. The van der Waals surface area contributed by atoms with Crippen LogP contribution in [-0.2, 0) is 4.79 Å². The van der Waals surface area contributed by atoms with Crippen molar-refractivity contribution in [2.24, 2.45) is 5.41 Å². The number of allylic oxidation sites excluding steroid dienone is 1. The summed E-state index contributed by atoms with van der Waals surface area (Å²) < 4.78 is 13.1. The van der Waals surface area contributed by atoms with Crippen molar-refractivity contribution in [2.45, 2.75) is 51.0 Å². The molecule has 7 heteroatoms. The fourth-order valence-corrected chi connectivity index (χ4v) is 4.77. The number of nitrogens with zero attached hydrogens (tertiary/aromatic N) is 4. The van der Waals surface area contributed by atoms with Crippen molar-refractivity contribution >= 4 is 11.9 Å². The standard InChI is InChI=1S/C20H27FN4O2/c21-16-11-22-19(23-12-16)25-9-6-17(26)20(14-25)7-3-8-24(13-20)18(27)10-15-4-1-2-5-15/h4,11-12,17,26H,1-3,5-10,13-14H2/t17-,20+/m1/s1. The van der Waals surface area contributed by atoms with Crippen LogP contribution in [0.4, 0.5) is 10.3 Å². The van der Waals surface area contributed by atoms with Crippen molar-refractivity contribution in [1.82, 2.24) is 14.9 Å². The first-order valence-electron chi connectivity index (χ1n) is 9.92. The number of carbonyl (C=O) groups is 1. The fraction of sp³-hybridized carbons (Fsp3) is 0.650. The topological polar surface area (TPSA) is 69.6 Å². The Labute approximate surface area is 159 Å². The summed E-state index contributed by atoms with van der Waals surface area (Å²) >= 11 is 0. The molecule has 2 aliphatic heterocycles.